The van der Waals surface area contributed by atoms with Crippen molar-refractivity contribution < 1.29 is 18.3 Å². The summed E-state index contributed by atoms with van der Waals surface area (Å²) >= 11 is 0. The van der Waals surface area contributed by atoms with Crippen LogP contribution in [0.1, 0.15) is 42.9 Å². The summed E-state index contributed by atoms with van der Waals surface area (Å²) in [7, 11) is 0. The van der Waals surface area contributed by atoms with E-state index in [1.807, 2.05) is 0 Å². The third-order valence-electron chi connectivity index (χ3n) is 4.73. The number of H-pyrrole nitrogens is 1. The van der Waals surface area contributed by atoms with Crippen molar-refractivity contribution in [1.29, 1.82) is 0 Å². The van der Waals surface area contributed by atoms with Gasteiger partial charge in [0.05, 0.1) is 23.2 Å². The molecule has 3 rings (SSSR count). The number of nitrogens with one attached hydrogen (secondary N) is 1. The van der Waals surface area contributed by atoms with Gasteiger partial charge in [0.15, 0.2) is 0 Å². The molecule has 1 atom stereocenters. The summed E-state index contributed by atoms with van der Waals surface area (Å²) in [5, 5.41) is 18.0. The summed E-state index contributed by atoms with van der Waals surface area (Å²) < 4.78 is 40.9. The molecule has 1 aliphatic rings. The van der Waals surface area contributed by atoms with E-state index in [0.717, 1.165) is 0 Å². The summed E-state index contributed by atoms with van der Waals surface area (Å²) in [6.07, 6.45) is -3.49. The lowest BCUT2D eigenvalue weighted by atomic mass is 9.75. The fourth-order valence-electron chi connectivity index (χ4n) is 3.49. The largest absolute Gasteiger partial charge is 0.397 e. The maximum Gasteiger partial charge on any atom is 0.397 e. The fourth-order valence-corrected chi connectivity index (χ4v) is 3.49. The standard InChI is InChI=1S/C15H17F3N2O/c1-9-4-5-10-8-19-20-12(10)11(9)13(21)14(15(16,17)18)6-2-3-7-14/h4-5,8,13,21H,2-3,6-7H2,1H3,(H,19,20). The molecule has 6 heteroatoms. The van der Waals surface area contributed by atoms with Crippen molar-refractivity contribution in [2.24, 2.45) is 5.41 Å². The number of alkyl halides is 3. The van der Waals surface area contributed by atoms with E-state index < -0.39 is 17.7 Å². The van der Waals surface area contributed by atoms with Crippen LogP contribution in [0.25, 0.3) is 10.9 Å². The van der Waals surface area contributed by atoms with E-state index in [4.69, 9.17) is 0 Å². The fraction of sp³-hybridized carbons (Fsp3) is 0.533. The Hall–Kier alpha value is -1.56. The number of rotatable bonds is 2. The SMILES string of the molecule is Cc1ccc2cn[nH]c2c1C(O)C1(C(F)(F)F)CCCC1. The van der Waals surface area contributed by atoms with Crippen LogP contribution < -0.4 is 0 Å². The van der Waals surface area contributed by atoms with Gasteiger partial charge in [0.1, 0.15) is 0 Å². The van der Waals surface area contributed by atoms with Crippen LogP contribution in [0.15, 0.2) is 18.3 Å². The van der Waals surface area contributed by atoms with Crippen LogP contribution in [-0.2, 0) is 0 Å². The highest BCUT2D eigenvalue weighted by molar-refractivity contribution is 5.82. The molecule has 2 N–H and O–H groups in total. The van der Waals surface area contributed by atoms with E-state index in [-0.39, 0.29) is 12.8 Å². The van der Waals surface area contributed by atoms with Gasteiger partial charge in [-0.05, 0) is 25.3 Å². The predicted octanol–water partition coefficient (Wildman–Crippen LogP) is 4.03. The van der Waals surface area contributed by atoms with E-state index in [0.29, 0.717) is 34.9 Å². The van der Waals surface area contributed by atoms with Crippen molar-refractivity contribution >= 4 is 10.9 Å². The zero-order chi connectivity index (χ0) is 15.3. The minimum absolute atomic E-state index is 0.0262. The number of aromatic amines is 1. The molecule has 0 radical (unpaired) electrons. The lowest BCUT2D eigenvalue weighted by Gasteiger charge is -2.37. The minimum atomic E-state index is -4.42. The molecular weight excluding hydrogens is 281 g/mol. The Kier molecular flexibility index (Phi) is 3.24. The molecule has 21 heavy (non-hydrogen) atoms. The number of hydrogen-bond acceptors (Lipinski definition) is 2. The number of aryl methyl sites for hydroxylation is 1. The third-order valence-corrected chi connectivity index (χ3v) is 4.73. The van der Waals surface area contributed by atoms with Gasteiger partial charge in [-0.2, -0.15) is 18.3 Å². The van der Waals surface area contributed by atoms with Crippen LogP contribution in [0.4, 0.5) is 13.2 Å². The van der Waals surface area contributed by atoms with Crippen LogP contribution >= 0.6 is 0 Å². The first kappa shape index (κ1) is 14.4. The summed E-state index contributed by atoms with van der Waals surface area (Å²) in [5.41, 5.74) is -0.575. The predicted molar refractivity (Wildman–Crippen MR) is 72.7 cm³/mol. The summed E-state index contributed by atoms with van der Waals surface area (Å²) in [5.74, 6) is 0. The van der Waals surface area contributed by atoms with Crippen LogP contribution in [0.3, 0.4) is 0 Å². The maximum atomic E-state index is 13.6. The first-order chi connectivity index (χ1) is 9.87. The van der Waals surface area contributed by atoms with Crippen molar-refractivity contribution in [3.8, 4) is 0 Å². The number of hydrogen-bond donors (Lipinski definition) is 2. The zero-order valence-electron chi connectivity index (χ0n) is 11.7. The Labute approximate surface area is 120 Å². The molecular formula is C15H17F3N2O. The molecule has 1 fully saturated rings. The molecule has 0 aliphatic heterocycles. The van der Waals surface area contributed by atoms with Crippen LogP contribution in [0, 0.1) is 12.3 Å². The first-order valence-corrected chi connectivity index (χ1v) is 7.04. The smallest absolute Gasteiger partial charge is 0.387 e. The quantitative estimate of drug-likeness (QED) is 0.879. The van der Waals surface area contributed by atoms with Gasteiger partial charge in [0.25, 0.3) is 0 Å². The van der Waals surface area contributed by atoms with Gasteiger partial charge in [-0.1, -0.05) is 25.0 Å². The molecule has 114 valence electrons. The molecule has 1 aliphatic carbocycles. The normalized spacial score (nSPS) is 20.0. The molecule has 3 nitrogen and oxygen atoms in total. The molecule has 1 unspecified atom stereocenters. The highest BCUT2D eigenvalue weighted by atomic mass is 19.4. The highest BCUT2D eigenvalue weighted by Gasteiger charge is 2.60. The Balaban J connectivity index is 2.17. The van der Waals surface area contributed by atoms with Gasteiger partial charge in [-0.25, -0.2) is 0 Å². The Bertz CT molecular complexity index is 656. The van der Waals surface area contributed by atoms with E-state index in [1.54, 1.807) is 25.3 Å². The minimum Gasteiger partial charge on any atom is -0.387 e. The number of aliphatic hydroxyl groups excluding tert-OH is 1. The first-order valence-electron chi connectivity index (χ1n) is 7.04. The van der Waals surface area contributed by atoms with Crippen molar-refractivity contribution in [2.75, 3.05) is 0 Å². The second-order valence-electron chi connectivity index (χ2n) is 5.89. The topological polar surface area (TPSA) is 48.9 Å². The average molecular weight is 298 g/mol. The summed E-state index contributed by atoms with van der Waals surface area (Å²) in [6.45, 7) is 1.72. The van der Waals surface area contributed by atoms with Crippen molar-refractivity contribution in [1.82, 2.24) is 10.2 Å². The molecule has 1 heterocycles. The maximum absolute atomic E-state index is 13.6. The van der Waals surface area contributed by atoms with Crippen LogP contribution in [0.2, 0.25) is 0 Å². The lowest BCUT2D eigenvalue weighted by Crippen LogP contribution is -2.41. The Morgan fingerprint density at radius 1 is 1.29 bits per heavy atom. The van der Waals surface area contributed by atoms with E-state index >= 15 is 0 Å². The van der Waals surface area contributed by atoms with Crippen molar-refractivity contribution in [2.45, 2.75) is 44.9 Å². The number of halogens is 3. The van der Waals surface area contributed by atoms with Gasteiger partial charge in [0, 0.05) is 10.9 Å². The van der Waals surface area contributed by atoms with Crippen LogP contribution in [0.5, 0.6) is 0 Å². The highest BCUT2D eigenvalue weighted by Crippen LogP contribution is 2.58. The molecule has 2 aromatic rings. The van der Waals surface area contributed by atoms with E-state index in [1.165, 1.54) is 0 Å². The average Bonchev–Trinajstić information content (AvgIpc) is 3.06. The zero-order valence-corrected chi connectivity index (χ0v) is 11.7. The third kappa shape index (κ3) is 2.04. The van der Waals surface area contributed by atoms with Gasteiger partial charge in [-0.15, -0.1) is 0 Å². The molecule has 1 aromatic heterocycles. The van der Waals surface area contributed by atoms with Crippen LogP contribution in [-0.4, -0.2) is 21.5 Å². The Morgan fingerprint density at radius 2 is 1.95 bits per heavy atom. The summed E-state index contributed by atoms with van der Waals surface area (Å²) in [4.78, 5) is 0. The number of aromatic nitrogens is 2. The molecule has 1 saturated carbocycles. The van der Waals surface area contributed by atoms with E-state index in [2.05, 4.69) is 10.2 Å². The lowest BCUT2D eigenvalue weighted by molar-refractivity contribution is -0.254. The second-order valence-corrected chi connectivity index (χ2v) is 5.89. The second kappa shape index (κ2) is 4.73. The Morgan fingerprint density at radius 3 is 2.57 bits per heavy atom. The molecule has 1 aromatic carbocycles. The number of fused-ring (bicyclic) bond motifs is 1. The van der Waals surface area contributed by atoms with Gasteiger partial charge in [0.2, 0.25) is 0 Å². The van der Waals surface area contributed by atoms with Gasteiger partial charge in [-0.3, -0.25) is 5.10 Å². The van der Waals surface area contributed by atoms with Crippen molar-refractivity contribution in [3.63, 3.8) is 0 Å². The number of nitrogens with zero attached hydrogens (tertiary/aromatic N) is 1. The summed E-state index contributed by atoms with van der Waals surface area (Å²) in [6, 6.07) is 3.52. The van der Waals surface area contributed by atoms with Gasteiger partial charge >= 0.3 is 6.18 Å². The molecule has 0 spiro atoms. The molecule has 0 bridgehead atoms. The van der Waals surface area contributed by atoms with Crippen molar-refractivity contribution in [3.05, 3.63) is 29.5 Å². The number of aliphatic hydroxyl groups is 1. The van der Waals surface area contributed by atoms with E-state index in [9.17, 15) is 18.3 Å². The molecule has 0 saturated heterocycles. The van der Waals surface area contributed by atoms with Gasteiger partial charge < -0.3 is 5.11 Å². The monoisotopic (exact) mass is 298 g/mol. The molecule has 0 amide bonds. The number of benzene rings is 1.